The van der Waals surface area contributed by atoms with Crippen molar-refractivity contribution in [3.8, 4) is 5.75 Å². The molecule has 1 fully saturated rings. The van der Waals surface area contributed by atoms with Crippen LogP contribution in [-0.4, -0.2) is 31.9 Å². The predicted molar refractivity (Wildman–Crippen MR) is 79.1 cm³/mol. The van der Waals surface area contributed by atoms with E-state index in [2.05, 4.69) is 0 Å². The maximum absolute atomic E-state index is 12.3. The molecular weight excluding hydrogens is 268 g/mol. The van der Waals surface area contributed by atoms with E-state index in [1.54, 1.807) is 7.11 Å². The minimum Gasteiger partial charge on any atom is -0.488 e. The number of esters is 1. The molecule has 1 heterocycles. The number of hydrogen-bond donors (Lipinski definition) is 0. The van der Waals surface area contributed by atoms with Crippen LogP contribution in [0.5, 0.6) is 5.75 Å². The Hall–Kier alpha value is -1.81. The van der Waals surface area contributed by atoms with E-state index in [1.807, 2.05) is 30.3 Å². The second-order valence-corrected chi connectivity index (χ2v) is 5.50. The van der Waals surface area contributed by atoms with Crippen LogP contribution < -0.4 is 4.74 Å². The van der Waals surface area contributed by atoms with Gasteiger partial charge in [-0.1, -0.05) is 24.6 Å². The Balaban J connectivity index is 1.70. The quantitative estimate of drug-likeness (QED) is 0.802. The molecule has 2 unspecified atom stereocenters. The molecule has 4 nitrogen and oxygen atoms in total. The first-order valence-corrected chi connectivity index (χ1v) is 7.44. The van der Waals surface area contributed by atoms with Crippen molar-refractivity contribution in [3.05, 3.63) is 35.4 Å². The molecule has 0 aromatic heterocycles. The van der Waals surface area contributed by atoms with Gasteiger partial charge in [0.25, 0.3) is 0 Å². The molecule has 0 radical (unpaired) electrons. The molecule has 1 aromatic rings. The number of benzene rings is 1. The van der Waals surface area contributed by atoms with Gasteiger partial charge in [0.15, 0.2) is 0 Å². The van der Waals surface area contributed by atoms with Crippen molar-refractivity contribution in [3.63, 3.8) is 0 Å². The van der Waals surface area contributed by atoms with Gasteiger partial charge in [0.1, 0.15) is 18.5 Å². The minimum absolute atomic E-state index is 0.0140. The van der Waals surface area contributed by atoms with E-state index in [9.17, 15) is 4.79 Å². The first kappa shape index (κ1) is 14.1. The molecule has 2 atom stereocenters. The Morgan fingerprint density at radius 2 is 1.95 bits per heavy atom. The van der Waals surface area contributed by atoms with Gasteiger partial charge in [-0.05, 0) is 31.4 Å². The van der Waals surface area contributed by atoms with Crippen LogP contribution in [0, 0.1) is 0 Å². The van der Waals surface area contributed by atoms with E-state index in [1.165, 1.54) is 0 Å². The Labute approximate surface area is 124 Å². The zero-order valence-corrected chi connectivity index (χ0v) is 12.2. The maximum Gasteiger partial charge on any atom is 0.337 e. The van der Waals surface area contributed by atoms with Crippen molar-refractivity contribution in [2.24, 2.45) is 0 Å². The van der Waals surface area contributed by atoms with Crippen LogP contribution in [0.2, 0.25) is 0 Å². The summed E-state index contributed by atoms with van der Waals surface area (Å²) in [7, 11) is 1.68. The third-order valence-corrected chi connectivity index (χ3v) is 4.10. The van der Waals surface area contributed by atoms with Crippen molar-refractivity contribution in [2.75, 3.05) is 13.7 Å². The Morgan fingerprint density at radius 3 is 2.76 bits per heavy atom. The lowest BCUT2D eigenvalue weighted by Crippen LogP contribution is -2.36. The smallest absolute Gasteiger partial charge is 0.337 e. The summed E-state index contributed by atoms with van der Waals surface area (Å²) in [6.07, 6.45) is 5.75. The zero-order chi connectivity index (χ0) is 14.7. The highest BCUT2D eigenvalue weighted by atomic mass is 16.6. The Bertz CT molecular complexity index is 549. The van der Waals surface area contributed by atoms with Gasteiger partial charge in [-0.25, -0.2) is 4.79 Å². The summed E-state index contributed by atoms with van der Waals surface area (Å²) in [6.45, 7) is 0.264. The molecule has 21 heavy (non-hydrogen) atoms. The number of carbonyl (C=O) groups is 1. The zero-order valence-electron chi connectivity index (χ0n) is 12.2. The number of para-hydroxylation sites is 1. The van der Waals surface area contributed by atoms with Gasteiger partial charge in [-0.15, -0.1) is 0 Å². The molecule has 1 aliphatic carbocycles. The number of hydrogen-bond acceptors (Lipinski definition) is 4. The summed E-state index contributed by atoms with van der Waals surface area (Å²) in [5.41, 5.74) is 1.48. The lowest BCUT2D eigenvalue weighted by molar-refractivity contribution is -0.154. The fourth-order valence-electron chi connectivity index (χ4n) is 2.91. The standard InChI is InChI=1S/C17H20O4/c1-19-15-8-4-5-9-16(15)21-17(18)13-10-12-6-2-3-7-14(12)20-11-13/h2-3,6-7,10,15-16H,4-5,8-9,11H2,1H3. The summed E-state index contributed by atoms with van der Waals surface area (Å²) in [5.74, 6) is 0.514. The van der Waals surface area contributed by atoms with Gasteiger partial charge < -0.3 is 14.2 Å². The fourth-order valence-corrected chi connectivity index (χ4v) is 2.91. The monoisotopic (exact) mass is 288 g/mol. The van der Waals surface area contributed by atoms with E-state index in [-0.39, 0.29) is 24.8 Å². The Kier molecular flexibility index (Phi) is 4.25. The average Bonchev–Trinajstić information content (AvgIpc) is 2.55. The first-order valence-electron chi connectivity index (χ1n) is 7.44. The van der Waals surface area contributed by atoms with E-state index in [4.69, 9.17) is 14.2 Å². The average molecular weight is 288 g/mol. The lowest BCUT2D eigenvalue weighted by atomic mass is 9.94. The van der Waals surface area contributed by atoms with Crippen LogP contribution in [0.1, 0.15) is 31.2 Å². The van der Waals surface area contributed by atoms with Gasteiger partial charge in [-0.2, -0.15) is 0 Å². The molecular formula is C17H20O4. The van der Waals surface area contributed by atoms with Crippen molar-refractivity contribution in [1.82, 2.24) is 0 Å². The molecule has 0 amide bonds. The molecule has 1 aliphatic heterocycles. The number of ether oxygens (including phenoxy) is 3. The SMILES string of the molecule is COC1CCCCC1OC(=O)C1=Cc2ccccc2OC1. The molecule has 1 saturated carbocycles. The molecule has 0 spiro atoms. The molecule has 4 heteroatoms. The van der Waals surface area contributed by atoms with Crippen molar-refractivity contribution < 1.29 is 19.0 Å². The van der Waals surface area contributed by atoms with Crippen LogP contribution >= 0.6 is 0 Å². The highest BCUT2D eigenvalue weighted by Gasteiger charge is 2.30. The van der Waals surface area contributed by atoms with Crippen molar-refractivity contribution in [1.29, 1.82) is 0 Å². The molecule has 112 valence electrons. The topological polar surface area (TPSA) is 44.8 Å². The van der Waals surface area contributed by atoms with Crippen LogP contribution in [0.25, 0.3) is 6.08 Å². The minimum atomic E-state index is -0.293. The van der Waals surface area contributed by atoms with Gasteiger partial charge in [0, 0.05) is 12.7 Å². The van der Waals surface area contributed by atoms with Gasteiger partial charge in [-0.3, -0.25) is 0 Å². The van der Waals surface area contributed by atoms with Gasteiger partial charge >= 0.3 is 5.97 Å². The summed E-state index contributed by atoms with van der Waals surface area (Å²) in [5, 5.41) is 0. The second-order valence-electron chi connectivity index (χ2n) is 5.50. The summed E-state index contributed by atoms with van der Waals surface area (Å²) < 4.78 is 16.7. The van der Waals surface area contributed by atoms with Gasteiger partial charge in [0.2, 0.25) is 0 Å². The molecule has 3 rings (SSSR count). The number of rotatable bonds is 3. The van der Waals surface area contributed by atoms with E-state index in [0.29, 0.717) is 5.57 Å². The molecule has 0 saturated heterocycles. The Morgan fingerprint density at radius 1 is 1.19 bits per heavy atom. The van der Waals surface area contributed by atoms with E-state index in [0.717, 1.165) is 37.0 Å². The number of fused-ring (bicyclic) bond motifs is 1. The summed E-state index contributed by atoms with van der Waals surface area (Å²) in [6, 6.07) is 7.67. The second kappa shape index (κ2) is 6.31. The van der Waals surface area contributed by atoms with Crippen LogP contribution in [-0.2, 0) is 14.3 Å². The van der Waals surface area contributed by atoms with Crippen LogP contribution in [0.15, 0.2) is 29.8 Å². The van der Waals surface area contributed by atoms with Crippen molar-refractivity contribution in [2.45, 2.75) is 37.9 Å². The predicted octanol–water partition coefficient (Wildman–Crippen LogP) is 2.96. The van der Waals surface area contributed by atoms with Crippen LogP contribution in [0.3, 0.4) is 0 Å². The highest BCUT2D eigenvalue weighted by molar-refractivity contribution is 5.95. The number of carbonyl (C=O) groups excluding carboxylic acids is 1. The normalized spacial score (nSPS) is 24.5. The molecule has 2 aliphatic rings. The maximum atomic E-state index is 12.3. The summed E-state index contributed by atoms with van der Waals surface area (Å²) >= 11 is 0. The third kappa shape index (κ3) is 3.10. The summed E-state index contributed by atoms with van der Waals surface area (Å²) in [4.78, 5) is 12.3. The third-order valence-electron chi connectivity index (χ3n) is 4.10. The fraction of sp³-hybridized carbons (Fsp3) is 0.471. The lowest BCUT2D eigenvalue weighted by Gasteiger charge is -2.30. The highest BCUT2D eigenvalue weighted by Crippen LogP contribution is 2.28. The van der Waals surface area contributed by atoms with E-state index >= 15 is 0 Å². The largest absolute Gasteiger partial charge is 0.488 e. The van der Waals surface area contributed by atoms with Gasteiger partial charge in [0.05, 0.1) is 11.7 Å². The molecule has 1 aromatic carbocycles. The molecule has 0 bridgehead atoms. The van der Waals surface area contributed by atoms with Crippen LogP contribution in [0.4, 0.5) is 0 Å². The van der Waals surface area contributed by atoms with E-state index < -0.39 is 0 Å². The number of methoxy groups -OCH3 is 1. The van der Waals surface area contributed by atoms with Crippen molar-refractivity contribution >= 4 is 12.0 Å². The first-order chi connectivity index (χ1) is 10.3. The molecule has 0 N–H and O–H groups in total.